The van der Waals surface area contributed by atoms with Gasteiger partial charge in [-0.25, -0.2) is 9.59 Å². The van der Waals surface area contributed by atoms with E-state index in [1.807, 2.05) is 0 Å². The van der Waals surface area contributed by atoms with Crippen molar-refractivity contribution in [3.8, 4) is 0 Å². The molecule has 1 N–H and O–H groups in total. The third-order valence-corrected chi connectivity index (χ3v) is 2.61. The van der Waals surface area contributed by atoms with Gasteiger partial charge in [0.05, 0.1) is 0 Å². The van der Waals surface area contributed by atoms with Crippen LogP contribution in [0.2, 0.25) is 0 Å². The average Bonchev–Trinajstić information content (AvgIpc) is 2.93. The molecule has 92 valence electrons. The van der Waals surface area contributed by atoms with Gasteiger partial charge in [0.15, 0.2) is 5.82 Å². The van der Waals surface area contributed by atoms with Crippen LogP contribution >= 0.6 is 0 Å². The van der Waals surface area contributed by atoms with Gasteiger partial charge in [0.25, 0.3) is 0 Å². The molecule has 1 aliphatic rings. The number of nitrogens with zero attached hydrogens (tertiary/aromatic N) is 2. The first-order chi connectivity index (χ1) is 8.20. The van der Waals surface area contributed by atoms with Crippen LogP contribution in [0.3, 0.4) is 0 Å². The summed E-state index contributed by atoms with van der Waals surface area (Å²) in [6.45, 7) is 4.71. The number of aromatic amines is 1. The molecule has 2 heterocycles. The Kier molecular flexibility index (Phi) is 3.27. The Labute approximate surface area is 97.0 Å². The van der Waals surface area contributed by atoms with Crippen molar-refractivity contribution in [1.29, 1.82) is 0 Å². The van der Waals surface area contributed by atoms with Gasteiger partial charge in [-0.1, -0.05) is 17.8 Å². The number of hydrogen-bond donors (Lipinski definition) is 1. The standard InChI is InChI=1S/C10H13N3O4/c1-2-5-16-10(15)13-4-3-7(6-13)8-11-9(14)17-12-8/h2,7H,1,3-6H2,(H,11,12,14). The van der Waals surface area contributed by atoms with Crippen molar-refractivity contribution in [3.63, 3.8) is 0 Å². The first-order valence-corrected chi connectivity index (χ1v) is 5.29. The molecule has 1 aromatic rings. The number of hydrogen-bond acceptors (Lipinski definition) is 5. The summed E-state index contributed by atoms with van der Waals surface area (Å²) in [5.74, 6) is -0.0977. The Morgan fingerprint density at radius 1 is 1.76 bits per heavy atom. The fourth-order valence-electron chi connectivity index (χ4n) is 1.79. The number of H-pyrrole nitrogens is 1. The highest BCUT2D eigenvalue weighted by atomic mass is 16.6. The van der Waals surface area contributed by atoms with Crippen LogP contribution in [0.4, 0.5) is 4.79 Å². The van der Waals surface area contributed by atoms with E-state index in [0.717, 1.165) is 6.42 Å². The van der Waals surface area contributed by atoms with Gasteiger partial charge in [-0.05, 0) is 6.42 Å². The van der Waals surface area contributed by atoms with E-state index in [2.05, 4.69) is 21.2 Å². The minimum Gasteiger partial charge on any atom is -0.445 e. The summed E-state index contributed by atoms with van der Waals surface area (Å²) in [6, 6.07) is 0. The normalized spacial score (nSPS) is 19.3. The van der Waals surface area contributed by atoms with Gasteiger partial charge in [-0.2, -0.15) is 0 Å². The first-order valence-electron chi connectivity index (χ1n) is 5.29. The second-order valence-electron chi connectivity index (χ2n) is 3.78. The molecule has 7 heteroatoms. The van der Waals surface area contributed by atoms with Crippen LogP contribution in [0.25, 0.3) is 0 Å². The third-order valence-electron chi connectivity index (χ3n) is 2.61. The van der Waals surface area contributed by atoms with Crippen LogP contribution in [-0.4, -0.2) is 40.8 Å². The molecule has 1 saturated heterocycles. The summed E-state index contributed by atoms with van der Waals surface area (Å²) in [5.41, 5.74) is 0. The van der Waals surface area contributed by atoms with Crippen molar-refractivity contribution in [2.24, 2.45) is 0 Å². The maximum atomic E-state index is 11.5. The predicted molar refractivity (Wildman–Crippen MR) is 57.6 cm³/mol. The summed E-state index contributed by atoms with van der Waals surface area (Å²) >= 11 is 0. The van der Waals surface area contributed by atoms with Crippen LogP contribution in [-0.2, 0) is 4.74 Å². The molecular formula is C10H13N3O4. The van der Waals surface area contributed by atoms with Crippen molar-refractivity contribution in [2.75, 3.05) is 19.7 Å². The smallest absolute Gasteiger partial charge is 0.438 e. The van der Waals surface area contributed by atoms with Gasteiger partial charge in [-0.3, -0.25) is 9.51 Å². The molecule has 0 spiro atoms. The summed E-state index contributed by atoms with van der Waals surface area (Å²) < 4.78 is 9.35. The van der Waals surface area contributed by atoms with Crippen LogP contribution in [0.1, 0.15) is 18.2 Å². The van der Waals surface area contributed by atoms with Crippen molar-refractivity contribution >= 4 is 6.09 Å². The third kappa shape index (κ3) is 2.55. The molecule has 1 atom stereocenters. The molecule has 1 amide bonds. The van der Waals surface area contributed by atoms with Gasteiger partial charge >= 0.3 is 11.8 Å². The van der Waals surface area contributed by atoms with E-state index in [-0.39, 0.29) is 18.6 Å². The molecule has 1 fully saturated rings. The largest absolute Gasteiger partial charge is 0.445 e. The number of carbonyl (C=O) groups is 1. The van der Waals surface area contributed by atoms with Gasteiger partial charge < -0.3 is 9.64 Å². The highest BCUT2D eigenvalue weighted by Gasteiger charge is 2.30. The Balaban J connectivity index is 1.93. The van der Waals surface area contributed by atoms with Gasteiger partial charge in [0.2, 0.25) is 0 Å². The number of amides is 1. The van der Waals surface area contributed by atoms with Gasteiger partial charge in [0.1, 0.15) is 6.61 Å². The summed E-state index contributed by atoms with van der Waals surface area (Å²) in [6.07, 6.45) is 1.87. The summed E-state index contributed by atoms with van der Waals surface area (Å²) in [5, 5.41) is 3.62. The zero-order valence-corrected chi connectivity index (χ0v) is 9.22. The van der Waals surface area contributed by atoms with Crippen LogP contribution in [0.15, 0.2) is 22.0 Å². The molecule has 0 aliphatic carbocycles. The van der Waals surface area contributed by atoms with E-state index < -0.39 is 5.76 Å². The quantitative estimate of drug-likeness (QED) is 0.775. The highest BCUT2D eigenvalue weighted by molar-refractivity contribution is 5.68. The van der Waals surface area contributed by atoms with Crippen LogP contribution in [0, 0.1) is 0 Å². The summed E-state index contributed by atoms with van der Waals surface area (Å²) in [7, 11) is 0. The predicted octanol–water partition coefficient (Wildman–Crippen LogP) is 0.475. The van der Waals surface area contributed by atoms with Gasteiger partial charge in [-0.15, -0.1) is 0 Å². The molecule has 0 bridgehead atoms. The molecule has 2 rings (SSSR count). The molecule has 0 aromatic carbocycles. The second kappa shape index (κ2) is 4.86. The number of nitrogens with one attached hydrogen (secondary N) is 1. The van der Waals surface area contributed by atoms with Crippen molar-refractivity contribution in [1.82, 2.24) is 15.0 Å². The zero-order valence-electron chi connectivity index (χ0n) is 9.22. The zero-order chi connectivity index (χ0) is 12.3. The van der Waals surface area contributed by atoms with Crippen molar-refractivity contribution in [2.45, 2.75) is 12.3 Å². The summed E-state index contributed by atoms with van der Waals surface area (Å²) in [4.78, 5) is 26.4. The van der Waals surface area contributed by atoms with Gasteiger partial charge in [0, 0.05) is 19.0 Å². The molecule has 1 unspecified atom stereocenters. The Bertz CT molecular complexity index is 464. The van der Waals surface area contributed by atoms with E-state index in [1.165, 1.54) is 6.08 Å². The maximum absolute atomic E-state index is 11.5. The molecule has 1 aromatic heterocycles. The molecule has 1 aliphatic heterocycles. The lowest BCUT2D eigenvalue weighted by atomic mass is 10.1. The monoisotopic (exact) mass is 239 g/mol. The lowest BCUT2D eigenvalue weighted by Gasteiger charge is -2.14. The minimum atomic E-state index is -0.576. The highest BCUT2D eigenvalue weighted by Crippen LogP contribution is 2.24. The fraction of sp³-hybridized carbons (Fsp3) is 0.500. The minimum absolute atomic E-state index is 0.00210. The SMILES string of the molecule is C=CCOC(=O)N1CCC(c2noc(=O)[nH]2)C1. The number of carbonyl (C=O) groups excluding carboxylic acids is 1. The van der Waals surface area contributed by atoms with Crippen molar-refractivity contribution < 1.29 is 14.1 Å². The number of rotatable bonds is 3. The fourth-order valence-corrected chi connectivity index (χ4v) is 1.79. The average molecular weight is 239 g/mol. The number of ether oxygens (including phenoxy) is 1. The molecule has 17 heavy (non-hydrogen) atoms. The van der Waals surface area contributed by atoms with Crippen molar-refractivity contribution in [3.05, 3.63) is 29.0 Å². The lowest BCUT2D eigenvalue weighted by molar-refractivity contribution is 0.120. The van der Waals surface area contributed by atoms with E-state index >= 15 is 0 Å². The second-order valence-corrected chi connectivity index (χ2v) is 3.78. The molecule has 7 nitrogen and oxygen atoms in total. The van der Waals surface area contributed by atoms with E-state index in [0.29, 0.717) is 18.9 Å². The Morgan fingerprint density at radius 2 is 2.59 bits per heavy atom. The molecular weight excluding hydrogens is 226 g/mol. The molecule has 0 saturated carbocycles. The van der Waals surface area contributed by atoms with Crippen LogP contribution in [0.5, 0.6) is 0 Å². The Hall–Kier alpha value is -2.05. The topological polar surface area (TPSA) is 88.4 Å². The van der Waals surface area contributed by atoms with Crippen LogP contribution < -0.4 is 5.76 Å². The Morgan fingerprint density at radius 3 is 3.24 bits per heavy atom. The number of aromatic nitrogens is 2. The lowest BCUT2D eigenvalue weighted by Crippen LogP contribution is -2.29. The first kappa shape index (κ1) is 11.4. The molecule has 0 radical (unpaired) electrons. The maximum Gasteiger partial charge on any atom is 0.438 e. The van der Waals surface area contributed by atoms with E-state index in [9.17, 15) is 9.59 Å². The number of likely N-dealkylation sites (tertiary alicyclic amines) is 1. The van der Waals surface area contributed by atoms with E-state index in [1.54, 1.807) is 4.90 Å². The van der Waals surface area contributed by atoms with E-state index in [4.69, 9.17) is 4.74 Å².